The highest BCUT2D eigenvalue weighted by atomic mass is 19.1. The summed E-state index contributed by atoms with van der Waals surface area (Å²) < 4.78 is 11.1. The van der Waals surface area contributed by atoms with E-state index >= 15 is 0 Å². The molecule has 0 heterocycles. The van der Waals surface area contributed by atoms with Crippen molar-refractivity contribution in [1.82, 2.24) is 0 Å². The van der Waals surface area contributed by atoms with Crippen LogP contribution in [0.2, 0.25) is 0 Å². The lowest BCUT2D eigenvalue weighted by atomic mass is 10.3. The van der Waals surface area contributed by atoms with Crippen molar-refractivity contribution in [2.75, 3.05) is 6.61 Å². The van der Waals surface area contributed by atoms with Crippen molar-refractivity contribution in [3.63, 3.8) is 0 Å². The molecule has 0 aliphatic carbocycles. The van der Waals surface area contributed by atoms with Gasteiger partial charge >= 0.3 is 5.97 Å². The Morgan fingerprint density at radius 1 is 1.89 bits per heavy atom. The zero-order valence-corrected chi connectivity index (χ0v) is 4.49. The van der Waals surface area contributed by atoms with E-state index < -0.39 is 18.6 Å². The Labute approximate surface area is 50.6 Å². The smallest absolute Gasteiger partial charge is 0.330 e. The fraction of sp³-hybridized carbons (Fsp3) is 0.500. The van der Waals surface area contributed by atoms with Crippen molar-refractivity contribution in [3.8, 4) is 0 Å². The van der Waals surface area contributed by atoms with E-state index in [1.807, 2.05) is 0 Å². The maximum atomic E-state index is 11.1. The third-order valence-corrected chi connectivity index (χ3v) is 0.694. The fourth-order valence-corrected chi connectivity index (χ4v) is 0.257. The molecule has 0 saturated carbocycles. The van der Waals surface area contributed by atoms with Gasteiger partial charge in [-0.3, -0.25) is 0 Å². The normalized spacial score (nSPS) is 14.0. The highest BCUT2D eigenvalue weighted by Gasteiger charge is 2.12. The minimum Gasteiger partial charge on any atom is -0.480 e. The number of rotatable bonds is 3. The number of aliphatic imine (C=N–C) groups is 1. The monoisotopic (exact) mass is 135 g/mol. The van der Waals surface area contributed by atoms with Gasteiger partial charge in [-0.2, -0.15) is 4.39 Å². The summed E-state index contributed by atoms with van der Waals surface area (Å²) in [7, 11) is 0. The van der Waals surface area contributed by atoms with Crippen LogP contribution in [-0.2, 0) is 4.79 Å². The van der Waals surface area contributed by atoms with Gasteiger partial charge in [0.15, 0.2) is 12.5 Å². The van der Waals surface area contributed by atoms with Gasteiger partial charge in [0.1, 0.15) is 0 Å². The van der Waals surface area contributed by atoms with Crippen LogP contribution in [0.3, 0.4) is 0 Å². The highest BCUT2D eigenvalue weighted by Crippen LogP contribution is 1.87. The van der Waals surface area contributed by atoms with Crippen molar-refractivity contribution in [1.29, 1.82) is 0 Å². The molecule has 0 amide bonds. The van der Waals surface area contributed by atoms with Crippen LogP contribution in [0.4, 0.5) is 4.39 Å². The number of hydrogen-bond acceptors (Lipinski definition) is 3. The van der Waals surface area contributed by atoms with Crippen LogP contribution in [0.1, 0.15) is 0 Å². The first kappa shape index (κ1) is 8.03. The minimum atomic E-state index is -1.37. The lowest BCUT2D eigenvalue weighted by Crippen LogP contribution is -2.21. The molecule has 0 rings (SSSR count). The number of aliphatic hydroxyl groups excluding tert-OH is 1. The predicted octanol–water partition coefficient (Wildman–Crippen LogP) is -0.570. The van der Waals surface area contributed by atoms with Gasteiger partial charge in [0, 0.05) is 0 Å². The number of nitrogens with zero attached hydrogens (tertiary/aromatic N) is 1. The van der Waals surface area contributed by atoms with Crippen molar-refractivity contribution in [3.05, 3.63) is 0 Å². The van der Waals surface area contributed by atoms with Gasteiger partial charge in [-0.25, -0.2) is 9.79 Å². The first-order valence-corrected chi connectivity index (χ1v) is 2.18. The molecule has 52 valence electrons. The van der Waals surface area contributed by atoms with E-state index in [0.717, 1.165) is 0 Å². The first-order chi connectivity index (χ1) is 4.22. The maximum Gasteiger partial charge on any atom is 0.330 e. The second-order valence-corrected chi connectivity index (χ2v) is 1.28. The number of hydrogen-bond donors (Lipinski definition) is 2. The zero-order valence-electron chi connectivity index (χ0n) is 4.49. The summed E-state index contributed by atoms with van der Waals surface area (Å²) in [5.41, 5.74) is 0. The van der Waals surface area contributed by atoms with Crippen LogP contribution >= 0.6 is 0 Å². The molecule has 1 atom stereocenters. The summed E-state index contributed by atoms with van der Waals surface area (Å²) in [6.45, 7) is -0.829. The summed E-state index contributed by atoms with van der Waals surface area (Å²) in [5.74, 6) is -1.34. The van der Waals surface area contributed by atoms with Gasteiger partial charge in [-0.1, -0.05) is 0 Å². The average Bonchev–Trinajstić information content (AvgIpc) is 1.82. The predicted molar refractivity (Wildman–Crippen MR) is 28.1 cm³/mol. The third kappa shape index (κ3) is 2.76. The lowest BCUT2D eigenvalue weighted by Gasteiger charge is -1.98. The molecular weight excluding hydrogens is 129 g/mol. The SMILES string of the molecule is O=C(O)[C@H](CO)N=CF. The Bertz CT molecular complexity index is 125. The van der Waals surface area contributed by atoms with E-state index in [4.69, 9.17) is 10.2 Å². The van der Waals surface area contributed by atoms with Crippen LogP contribution in [0.15, 0.2) is 4.99 Å². The molecule has 9 heavy (non-hydrogen) atoms. The molecule has 0 aromatic carbocycles. The Kier molecular flexibility index (Phi) is 3.54. The van der Waals surface area contributed by atoms with E-state index in [2.05, 4.69) is 4.99 Å². The standard InChI is InChI=1S/C4H6FNO3/c5-2-6-3(1-7)4(8)9/h2-3,7H,1H2,(H,8,9)/t3-/m0/s1. The summed E-state index contributed by atoms with van der Waals surface area (Å²) in [4.78, 5) is 12.7. The molecule has 0 aromatic rings. The van der Waals surface area contributed by atoms with Crippen molar-refractivity contribution >= 4 is 12.4 Å². The van der Waals surface area contributed by atoms with Crippen molar-refractivity contribution in [2.24, 2.45) is 4.99 Å². The molecule has 0 radical (unpaired) electrons. The Morgan fingerprint density at radius 3 is 2.56 bits per heavy atom. The van der Waals surface area contributed by atoms with Crippen LogP contribution in [-0.4, -0.2) is 35.3 Å². The molecule has 0 aliphatic rings. The van der Waals surface area contributed by atoms with E-state index in [-0.39, 0.29) is 6.47 Å². The number of carboxylic acids is 1. The van der Waals surface area contributed by atoms with E-state index in [0.29, 0.717) is 0 Å². The molecule has 0 saturated heterocycles. The third-order valence-electron chi connectivity index (χ3n) is 0.694. The van der Waals surface area contributed by atoms with Gasteiger partial charge < -0.3 is 10.2 Å². The van der Waals surface area contributed by atoms with E-state index in [1.165, 1.54) is 0 Å². The minimum absolute atomic E-state index is 0.144. The van der Waals surface area contributed by atoms with Gasteiger partial charge in [0.2, 0.25) is 0 Å². The average molecular weight is 135 g/mol. The highest BCUT2D eigenvalue weighted by molar-refractivity contribution is 5.75. The molecule has 0 aliphatic heterocycles. The summed E-state index contributed by atoms with van der Waals surface area (Å²) in [5, 5.41) is 16.2. The molecule has 0 aromatic heterocycles. The van der Waals surface area contributed by atoms with Crippen LogP contribution in [0.25, 0.3) is 0 Å². The van der Waals surface area contributed by atoms with Crippen molar-refractivity contribution in [2.45, 2.75) is 6.04 Å². The molecule has 2 N–H and O–H groups in total. The lowest BCUT2D eigenvalue weighted by molar-refractivity contribution is -0.139. The molecule has 0 fully saturated rings. The summed E-state index contributed by atoms with van der Waals surface area (Å²) >= 11 is 0. The number of carbonyl (C=O) groups is 1. The van der Waals surface area contributed by atoms with Crippen LogP contribution in [0, 0.1) is 0 Å². The second-order valence-electron chi connectivity index (χ2n) is 1.28. The molecule has 4 nitrogen and oxygen atoms in total. The largest absolute Gasteiger partial charge is 0.480 e. The first-order valence-electron chi connectivity index (χ1n) is 2.18. The Balaban J connectivity index is 3.83. The number of halogens is 1. The number of aliphatic carboxylic acids is 1. The zero-order chi connectivity index (χ0) is 7.28. The molecule has 5 heteroatoms. The molecule has 0 bridgehead atoms. The summed E-state index contributed by atoms with van der Waals surface area (Å²) in [6, 6.07) is -1.37. The molecule has 0 spiro atoms. The Hall–Kier alpha value is -0.970. The van der Waals surface area contributed by atoms with Crippen LogP contribution in [0.5, 0.6) is 0 Å². The van der Waals surface area contributed by atoms with Gasteiger partial charge in [-0.15, -0.1) is 0 Å². The fourth-order valence-electron chi connectivity index (χ4n) is 0.257. The van der Waals surface area contributed by atoms with Crippen LogP contribution < -0.4 is 0 Å². The Morgan fingerprint density at radius 2 is 2.44 bits per heavy atom. The molecule has 0 unspecified atom stereocenters. The quantitative estimate of drug-likeness (QED) is 0.509. The van der Waals surface area contributed by atoms with Crippen molar-refractivity contribution < 1.29 is 19.4 Å². The number of aliphatic hydroxyl groups is 1. The van der Waals surface area contributed by atoms with Gasteiger partial charge in [0.05, 0.1) is 6.61 Å². The number of carboxylic acid groups (broad SMARTS) is 1. The van der Waals surface area contributed by atoms with E-state index in [1.54, 1.807) is 0 Å². The second kappa shape index (κ2) is 3.96. The van der Waals surface area contributed by atoms with Gasteiger partial charge in [0.25, 0.3) is 0 Å². The summed E-state index contributed by atoms with van der Waals surface area (Å²) in [6.07, 6.45) is 0. The molecular formula is C4H6FNO3. The topological polar surface area (TPSA) is 69.9 Å². The van der Waals surface area contributed by atoms with Gasteiger partial charge in [-0.05, 0) is 0 Å². The maximum absolute atomic E-state index is 11.1. The van der Waals surface area contributed by atoms with E-state index in [9.17, 15) is 9.18 Å².